The normalized spacial score (nSPS) is 38.9. The van der Waals surface area contributed by atoms with Gasteiger partial charge in [0.25, 0.3) is 0 Å². The van der Waals surface area contributed by atoms with Crippen molar-refractivity contribution >= 4 is 35.8 Å². The van der Waals surface area contributed by atoms with Crippen LogP contribution in [0.4, 0.5) is 0 Å². The lowest BCUT2D eigenvalue weighted by Crippen LogP contribution is -2.27. The summed E-state index contributed by atoms with van der Waals surface area (Å²) in [5, 5.41) is 9.88. The van der Waals surface area contributed by atoms with Crippen LogP contribution in [-0.2, 0) is 4.74 Å². The first-order valence-electron chi connectivity index (χ1n) is 4.96. The summed E-state index contributed by atoms with van der Waals surface area (Å²) in [5.74, 6) is 0. The van der Waals surface area contributed by atoms with Crippen molar-refractivity contribution in [3.63, 3.8) is 0 Å². The summed E-state index contributed by atoms with van der Waals surface area (Å²) < 4.78 is 5.95. The second-order valence-corrected chi connectivity index (χ2v) is 10.5. The van der Waals surface area contributed by atoms with Crippen molar-refractivity contribution < 1.29 is 9.84 Å². The van der Waals surface area contributed by atoms with Crippen molar-refractivity contribution in [2.24, 2.45) is 0 Å². The number of halogens is 1. The van der Waals surface area contributed by atoms with Crippen molar-refractivity contribution in [1.29, 1.82) is 0 Å². The van der Waals surface area contributed by atoms with Gasteiger partial charge in [-0.05, 0) is 32.8 Å². The largest absolute Gasteiger partial charge is 0.389 e. The minimum Gasteiger partial charge on any atom is -0.389 e. The second kappa shape index (κ2) is 4.86. The van der Waals surface area contributed by atoms with Gasteiger partial charge in [0.05, 0.1) is 22.2 Å². The number of hydrogen-bond donors (Lipinski definition) is 1. The third-order valence-electron chi connectivity index (χ3n) is 2.56. The number of rotatable bonds is 3. The lowest BCUT2D eigenvalue weighted by Gasteiger charge is -2.18. The van der Waals surface area contributed by atoms with Gasteiger partial charge in [0.1, 0.15) is 0 Å². The number of alkyl halides is 1. The molecule has 0 radical (unpaired) electrons. The molecule has 1 heterocycles. The molecule has 4 atom stereocenters. The number of aliphatic hydroxyl groups is 1. The number of aliphatic hydroxyl groups excluding tert-OH is 1. The van der Waals surface area contributed by atoms with Crippen LogP contribution in [0.5, 0.6) is 0 Å². The second-order valence-electron chi connectivity index (χ2n) is 4.76. The van der Waals surface area contributed by atoms with Gasteiger partial charge < -0.3 is 9.84 Å². The highest BCUT2D eigenvalue weighted by Crippen LogP contribution is 2.38. The molecule has 1 aliphatic rings. The molecule has 0 bridgehead atoms. The predicted molar refractivity (Wildman–Crippen MR) is 73.5 cm³/mol. The Morgan fingerprint density at radius 2 is 2.07 bits per heavy atom. The maximum Gasteiger partial charge on any atom is 0.0944 e. The van der Waals surface area contributed by atoms with E-state index in [9.17, 15) is 5.11 Å². The molecule has 84 valence electrons. The number of ether oxygens (including phenoxy) is 1. The zero-order valence-corrected chi connectivity index (χ0v) is 12.2. The van der Waals surface area contributed by atoms with E-state index in [-0.39, 0.29) is 22.2 Å². The van der Waals surface area contributed by atoms with E-state index < -0.39 is 6.89 Å². The average Bonchev–Trinajstić information content (AvgIpc) is 2.28. The standard InChI is InChI=1S/C10H20IO2P/c1-7-9(11)10(12)8(13-7)5-6-14(2,3)4/h7-10,12H,2,5-6H2,1,3-4H3/t7-,8?,9-,10+/m0/s1. The summed E-state index contributed by atoms with van der Waals surface area (Å²) in [6.45, 7) is 5.50. The van der Waals surface area contributed by atoms with Crippen LogP contribution in [-0.4, -0.2) is 53.1 Å². The third-order valence-corrected chi connectivity index (χ3v) is 5.78. The van der Waals surface area contributed by atoms with Crippen LogP contribution in [0.25, 0.3) is 0 Å². The van der Waals surface area contributed by atoms with E-state index in [1.165, 1.54) is 0 Å². The predicted octanol–water partition coefficient (Wildman–Crippen LogP) is 2.04. The molecule has 0 amide bonds. The molecule has 1 aliphatic heterocycles. The monoisotopic (exact) mass is 330 g/mol. The lowest BCUT2D eigenvalue weighted by molar-refractivity contribution is 0.0150. The summed E-state index contributed by atoms with van der Waals surface area (Å²) in [4.78, 5) is 0. The Hall–Kier alpha value is 0.950. The Labute approximate surface area is 101 Å². The molecule has 1 rings (SSSR count). The van der Waals surface area contributed by atoms with Crippen molar-refractivity contribution in [3.05, 3.63) is 0 Å². The molecular weight excluding hydrogens is 310 g/mol. The summed E-state index contributed by atoms with van der Waals surface area (Å²) in [5.41, 5.74) is 0. The van der Waals surface area contributed by atoms with Gasteiger partial charge >= 0.3 is 0 Å². The highest BCUT2D eigenvalue weighted by atomic mass is 127. The van der Waals surface area contributed by atoms with Crippen LogP contribution in [0, 0.1) is 0 Å². The molecule has 4 heteroatoms. The average molecular weight is 330 g/mol. The van der Waals surface area contributed by atoms with Crippen LogP contribution >= 0.6 is 29.5 Å². The van der Waals surface area contributed by atoms with Crippen LogP contribution in [0.2, 0.25) is 0 Å². The molecule has 0 aromatic heterocycles. The van der Waals surface area contributed by atoms with E-state index in [0.29, 0.717) is 0 Å². The number of hydrogen-bond acceptors (Lipinski definition) is 2. The molecule has 1 fully saturated rings. The fourth-order valence-electron chi connectivity index (χ4n) is 1.63. The summed E-state index contributed by atoms with van der Waals surface area (Å²) in [6, 6.07) is 0. The molecule has 0 aromatic carbocycles. The van der Waals surface area contributed by atoms with E-state index in [0.717, 1.165) is 12.6 Å². The first kappa shape index (κ1) is 13.0. The molecule has 1 unspecified atom stereocenters. The Morgan fingerprint density at radius 1 is 1.50 bits per heavy atom. The third kappa shape index (κ3) is 3.51. The zero-order chi connectivity index (χ0) is 10.9. The minimum atomic E-state index is -0.978. The fourth-order valence-corrected chi connectivity index (χ4v) is 3.22. The van der Waals surface area contributed by atoms with Gasteiger partial charge in [-0.2, -0.15) is 0 Å². The van der Waals surface area contributed by atoms with E-state index in [1.54, 1.807) is 0 Å². The summed E-state index contributed by atoms with van der Waals surface area (Å²) in [7, 11) is 0. The van der Waals surface area contributed by atoms with Crippen LogP contribution in [0.3, 0.4) is 0 Å². The molecule has 2 nitrogen and oxygen atoms in total. The topological polar surface area (TPSA) is 29.5 Å². The van der Waals surface area contributed by atoms with Gasteiger partial charge in [-0.25, -0.2) is 0 Å². The van der Waals surface area contributed by atoms with Gasteiger partial charge in [-0.15, -0.1) is 13.2 Å². The fraction of sp³-hybridized carbons (Fsp3) is 0.900. The smallest absolute Gasteiger partial charge is 0.0944 e. The molecule has 14 heavy (non-hydrogen) atoms. The first-order valence-corrected chi connectivity index (χ1v) is 9.26. The SMILES string of the molecule is C=P(C)(C)CCC1O[C@@H](C)[C@H](I)[C@@H]1O. The Kier molecular flexibility index (Phi) is 4.51. The van der Waals surface area contributed by atoms with Crippen LogP contribution in [0.1, 0.15) is 13.3 Å². The van der Waals surface area contributed by atoms with E-state index >= 15 is 0 Å². The molecule has 0 aliphatic carbocycles. The van der Waals surface area contributed by atoms with Gasteiger partial charge in [-0.3, -0.25) is 0 Å². The molecular formula is C10H20IO2P. The highest BCUT2D eigenvalue weighted by Gasteiger charge is 2.39. The Balaban J connectivity index is 2.44. The maximum atomic E-state index is 9.88. The quantitative estimate of drug-likeness (QED) is 0.488. The molecule has 0 spiro atoms. The van der Waals surface area contributed by atoms with Crippen LogP contribution < -0.4 is 0 Å². The Morgan fingerprint density at radius 3 is 2.43 bits per heavy atom. The van der Waals surface area contributed by atoms with Gasteiger partial charge in [0.15, 0.2) is 0 Å². The summed E-state index contributed by atoms with van der Waals surface area (Å²) >= 11 is 2.28. The van der Waals surface area contributed by atoms with Gasteiger partial charge in [0.2, 0.25) is 0 Å². The van der Waals surface area contributed by atoms with Crippen LogP contribution in [0.15, 0.2) is 0 Å². The van der Waals surface area contributed by atoms with E-state index in [1.807, 2.05) is 6.92 Å². The molecule has 0 saturated carbocycles. The lowest BCUT2D eigenvalue weighted by atomic mass is 10.1. The van der Waals surface area contributed by atoms with E-state index in [2.05, 4.69) is 42.2 Å². The van der Waals surface area contributed by atoms with Crippen molar-refractivity contribution in [3.8, 4) is 0 Å². The van der Waals surface area contributed by atoms with Gasteiger partial charge in [-0.1, -0.05) is 22.6 Å². The molecule has 1 saturated heterocycles. The molecule has 0 aromatic rings. The maximum absolute atomic E-state index is 9.88. The van der Waals surface area contributed by atoms with Crippen molar-refractivity contribution in [1.82, 2.24) is 0 Å². The Bertz CT molecular complexity index is 238. The van der Waals surface area contributed by atoms with Crippen molar-refractivity contribution in [2.75, 3.05) is 19.5 Å². The summed E-state index contributed by atoms with van der Waals surface area (Å²) in [6.07, 6.45) is 6.15. The first-order chi connectivity index (χ1) is 6.31. The van der Waals surface area contributed by atoms with Gasteiger partial charge in [0, 0.05) is 0 Å². The highest BCUT2D eigenvalue weighted by molar-refractivity contribution is 14.1. The zero-order valence-electron chi connectivity index (χ0n) is 9.11. The molecule has 1 N–H and O–H groups in total. The van der Waals surface area contributed by atoms with Crippen molar-refractivity contribution in [2.45, 2.75) is 35.6 Å². The van der Waals surface area contributed by atoms with E-state index in [4.69, 9.17) is 4.74 Å². The minimum absolute atomic E-state index is 0.0351.